The molecule has 8 aromatic carbocycles. The van der Waals surface area contributed by atoms with Crippen molar-refractivity contribution < 1.29 is 4.42 Å². The van der Waals surface area contributed by atoms with Crippen LogP contribution >= 0.6 is 0 Å². The summed E-state index contributed by atoms with van der Waals surface area (Å²) in [6, 6.07) is 62.4. The first-order chi connectivity index (χ1) is 30.2. The SMILES string of the molecule is c1ccc(-c2nc(-c3ccc(-c4cc5c(cc4-c4cccc6oc7ccccc7c46)-c4ccccc4C54C5CC6CC(C5)CC4C6)cc3)nc3c2ccc2ccccc23)cc1. The smallest absolute Gasteiger partial charge is 0.160 e. The first-order valence-electron chi connectivity index (χ1n) is 22.2. The molecule has 61 heavy (non-hydrogen) atoms. The van der Waals surface area contributed by atoms with Gasteiger partial charge in [0.2, 0.25) is 0 Å². The van der Waals surface area contributed by atoms with E-state index in [0.29, 0.717) is 11.8 Å². The second kappa shape index (κ2) is 12.6. The molecule has 1 spiro atoms. The van der Waals surface area contributed by atoms with Crippen LogP contribution in [0.1, 0.15) is 43.2 Å². The predicted octanol–water partition coefficient (Wildman–Crippen LogP) is 15.1. The van der Waals surface area contributed by atoms with Gasteiger partial charge in [-0.15, -0.1) is 0 Å². The quantitative estimate of drug-likeness (QED) is 0.167. The molecule has 15 rings (SSSR count). The van der Waals surface area contributed by atoms with Gasteiger partial charge in [0, 0.05) is 38.1 Å². The minimum atomic E-state index is 0.0659. The van der Waals surface area contributed by atoms with Crippen molar-refractivity contribution in [3.8, 4) is 56.0 Å². The molecule has 290 valence electrons. The molecule has 10 aromatic rings. The third-order valence-corrected chi connectivity index (χ3v) is 15.5. The van der Waals surface area contributed by atoms with E-state index in [9.17, 15) is 0 Å². The Balaban J connectivity index is 1.000. The van der Waals surface area contributed by atoms with Crippen LogP contribution in [0.25, 0.3) is 99.6 Å². The molecule has 0 unspecified atom stereocenters. The topological polar surface area (TPSA) is 38.9 Å². The third kappa shape index (κ3) is 4.75. The fraction of sp³-hybridized carbons (Fsp3) is 0.172. The number of benzene rings is 8. The fourth-order valence-corrected chi connectivity index (χ4v) is 13.3. The second-order valence-electron chi connectivity index (χ2n) is 18.5. The van der Waals surface area contributed by atoms with Crippen LogP contribution < -0.4 is 0 Å². The Labute approximate surface area is 354 Å². The molecule has 0 N–H and O–H groups in total. The molecule has 2 aromatic heterocycles. The highest BCUT2D eigenvalue weighted by Crippen LogP contribution is 2.70. The molecule has 3 nitrogen and oxygen atoms in total. The van der Waals surface area contributed by atoms with E-state index in [-0.39, 0.29) is 5.41 Å². The van der Waals surface area contributed by atoms with E-state index >= 15 is 0 Å². The molecule has 5 aliphatic rings. The molecular weight excluding hydrogens is 741 g/mol. The third-order valence-electron chi connectivity index (χ3n) is 15.5. The van der Waals surface area contributed by atoms with Crippen molar-refractivity contribution in [1.82, 2.24) is 9.97 Å². The van der Waals surface area contributed by atoms with Crippen LogP contribution in [0.15, 0.2) is 174 Å². The lowest BCUT2D eigenvalue weighted by molar-refractivity contribution is -0.0399. The molecule has 2 heterocycles. The monoisotopic (exact) mass is 782 g/mol. The van der Waals surface area contributed by atoms with Gasteiger partial charge < -0.3 is 4.42 Å². The van der Waals surface area contributed by atoms with Gasteiger partial charge in [-0.25, -0.2) is 9.97 Å². The van der Waals surface area contributed by atoms with Crippen molar-refractivity contribution in [2.75, 3.05) is 0 Å². The van der Waals surface area contributed by atoms with E-state index in [4.69, 9.17) is 14.4 Å². The Morgan fingerprint density at radius 2 is 1.11 bits per heavy atom. The first-order valence-corrected chi connectivity index (χ1v) is 22.2. The number of rotatable bonds is 4. The summed E-state index contributed by atoms with van der Waals surface area (Å²) in [5.74, 6) is 3.89. The molecular formula is C58H42N2O. The number of hydrogen-bond acceptors (Lipinski definition) is 3. The largest absolute Gasteiger partial charge is 0.456 e. The lowest BCUT2D eigenvalue weighted by Gasteiger charge is -2.61. The highest BCUT2D eigenvalue weighted by molar-refractivity contribution is 6.14. The van der Waals surface area contributed by atoms with E-state index in [1.165, 1.54) is 76.3 Å². The van der Waals surface area contributed by atoms with Crippen molar-refractivity contribution in [2.45, 2.75) is 37.5 Å². The van der Waals surface area contributed by atoms with Gasteiger partial charge in [0.15, 0.2) is 5.82 Å². The molecule has 3 heteroatoms. The summed E-state index contributed by atoms with van der Waals surface area (Å²) in [5.41, 5.74) is 16.9. The average molecular weight is 783 g/mol. The number of hydrogen-bond donors (Lipinski definition) is 0. The maximum atomic E-state index is 6.51. The van der Waals surface area contributed by atoms with Crippen molar-refractivity contribution in [3.05, 3.63) is 181 Å². The molecule has 0 amide bonds. The molecule has 0 aliphatic heterocycles. The highest BCUT2D eigenvalue weighted by Gasteiger charge is 2.61. The van der Waals surface area contributed by atoms with Gasteiger partial charge in [0.25, 0.3) is 0 Å². The lowest BCUT2D eigenvalue weighted by atomic mass is 9.43. The molecule has 0 atom stereocenters. The maximum Gasteiger partial charge on any atom is 0.160 e. The first kappa shape index (κ1) is 33.9. The second-order valence-corrected chi connectivity index (χ2v) is 18.5. The van der Waals surface area contributed by atoms with Crippen molar-refractivity contribution in [1.29, 1.82) is 0 Å². The predicted molar refractivity (Wildman–Crippen MR) is 249 cm³/mol. The molecule has 5 aliphatic carbocycles. The number of fused-ring (bicyclic) bond motifs is 9. The van der Waals surface area contributed by atoms with E-state index in [2.05, 4.69) is 170 Å². The van der Waals surface area contributed by atoms with Crippen LogP contribution in [0.2, 0.25) is 0 Å². The van der Waals surface area contributed by atoms with Crippen molar-refractivity contribution >= 4 is 43.6 Å². The van der Waals surface area contributed by atoms with Gasteiger partial charge in [-0.2, -0.15) is 0 Å². The fourth-order valence-electron chi connectivity index (χ4n) is 13.3. The Kier molecular flexibility index (Phi) is 7.01. The average Bonchev–Trinajstić information content (AvgIpc) is 3.84. The standard InChI is InChI=1S/C58H42N2O/c1-2-12-38(13-3-1)55-46-26-25-36-11-4-5-14-42(36)56(46)60-57(59-55)39-23-21-37(22-24-39)47-33-51-49(32-48(47)44-17-10-20-53-54(44)45-16-7-9-19-52(45)61-53)43-15-6-8-18-50(43)58(51)40-28-34-27-35(30-40)31-41(58)29-34/h1-26,32-35,40-41H,27-31H2. The number of para-hydroxylation sites is 1. The van der Waals surface area contributed by atoms with Crippen LogP contribution in [0.3, 0.4) is 0 Å². The van der Waals surface area contributed by atoms with Crippen LogP contribution in [0.4, 0.5) is 0 Å². The molecule has 4 bridgehead atoms. The summed E-state index contributed by atoms with van der Waals surface area (Å²) in [4.78, 5) is 10.7. The van der Waals surface area contributed by atoms with Gasteiger partial charge in [-0.05, 0) is 136 Å². The lowest BCUT2D eigenvalue weighted by Crippen LogP contribution is -2.55. The van der Waals surface area contributed by atoms with Gasteiger partial charge in [-0.1, -0.05) is 140 Å². The highest BCUT2D eigenvalue weighted by atomic mass is 16.3. The number of nitrogens with zero attached hydrogens (tertiary/aromatic N) is 2. The summed E-state index contributed by atoms with van der Waals surface area (Å²) in [5, 5.41) is 5.71. The van der Waals surface area contributed by atoms with Gasteiger partial charge in [0.05, 0.1) is 11.2 Å². The summed E-state index contributed by atoms with van der Waals surface area (Å²) in [6.07, 6.45) is 6.89. The number of aromatic nitrogens is 2. The minimum Gasteiger partial charge on any atom is -0.456 e. The van der Waals surface area contributed by atoms with Crippen molar-refractivity contribution in [2.24, 2.45) is 23.7 Å². The van der Waals surface area contributed by atoms with E-state index in [1.54, 1.807) is 11.1 Å². The summed E-state index contributed by atoms with van der Waals surface area (Å²) >= 11 is 0. The summed E-state index contributed by atoms with van der Waals surface area (Å²) in [7, 11) is 0. The number of furan rings is 1. The molecule has 0 saturated heterocycles. The summed E-state index contributed by atoms with van der Waals surface area (Å²) in [6.45, 7) is 0. The van der Waals surface area contributed by atoms with Crippen LogP contribution in [0.5, 0.6) is 0 Å². The van der Waals surface area contributed by atoms with Crippen LogP contribution in [0, 0.1) is 23.7 Å². The Morgan fingerprint density at radius 3 is 1.95 bits per heavy atom. The van der Waals surface area contributed by atoms with Crippen molar-refractivity contribution in [3.63, 3.8) is 0 Å². The zero-order chi connectivity index (χ0) is 39.8. The van der Waals surface area contributed by atoms with Crippen LogP contribution in [-0.4, -0.2) is 9.97 Å². The van der Waals surface area contributed by atoms with E-state index in [1.807, 2.05) is 0 Å². The van der Waals surface area contributed by atoms with E-state index < -0.39 is 0 Å². The van der Waals surface area contributed by atoms with Gasteiger partial charge >= 0.3 is 0 Å². The minimum absolute atomic E-state index is 0.0659. The van der Waals surface area contributed by atoms with Gasteiger partial charge in [0.1, 0.15) is 11.2 Å². The molecule has 4 fully saturated rings. The Hall–Kier alpha value is -6.84. The van der Waals surface area contributed by atoms with E-state index in [0.717, 1.165) is 67.3 Å². The zero-order valence-corrected chi connectivity index (χ0v) is 33.8. The Morgan fingerprint density at radius 1 is 0.426 bits per heavy atom. The molecule has 4 saturated carbocycles. The molecule has 0 radical (unpaired) electrons. The Bertz CT molecular complexity index is 3400. The van der Waals surface area contributed by atoms with Gasteiger partial charge in [-0.3, -0.25) is 0 Å². The normalized spacial score (nSPS) is 22.2. The maximum absolute atomic E-state index is 6.51. The van der Waals surface area contributed by atoms with Crippen LogP contribution in [-0.2, 0) is 5.41 Å². The zero-order valence-electron chi connectivity index (χ0n) is 33.8. The summed E-state index contributed by atoms with van der Waals surface area (Å²) < 4.78 is 6.51.